The normalized spacial score (nSPS) is 12.0. The van der Waals surface area contributed by atoms with Gasteiger partial charge in [-0.15, -0.1) is 0 Å². The summed E-state index contributed by atoms with van der Waals surface area (Å²) in [6.07, 6.45) is 7.55. The molecule has 0 aromatic heterocycles. The number of rotatable bonds is 5. The maximum Gasteiger partial charge on any atom is 0.0266 e. The van der Waals surface area contributed by atoms with Gasteiger partial charge in [0.2, 0.25) is 0 Å². The highest BCUT2D eigenvalue weighted by molar-refractivity contribution is 5.13. The van der Waals surface area contributed by atoms with E-state index in [4.69, 9.17) is 5.73 Å². The lowest BCUT2D eigenvalue weighted by molar-refractivity contribution is 0.798. The number of allylic oxidation sites excluding steroid dienone is 5. The Kier molecular flexibility index (Phi) is 6.43. The Bertz CT molecular complexity index is 157. The molecule has 0 aliphatic rings. The first kappa shape index (κ1) is 9.98. The Balaban J connectivity index is 3.61. The highest BCUT2D eigenvalue weighted by Crippen LogP contribution is 1.86. The monoisotopic (exact) mass is 152 g/mol. The highest BCUT2D eigenvalue weighted by atomic mass is 14.9. The van der Waals surface area contributed by atoms with Crippen LogP contribution in [0.4, 0.5) is 0 Å². The predicted molar refractivity (Wildman–Crippen MR) is 50.2 cm³/mol. The van der Waals surface area contributed by atoms with Crippen LogP contribution in [-0.2, 0) is 0 Å². The molecule has 0 spiro atoms. The van der Waals surface area contributed by atoms with Crippen LogP contribution in [0.2, 0.25) is 0 Å². The maximum atomic E-state index is 5.31. The van der Waals surface area contributed by atoms with Crippen molar-refractivity contribution in [3.05, 3.63) is 36.6 Å². The molecule has 0 aromatic rings. The van der Waals surface area contributed by atoms with Crippen molar-refractivity contribution in [1.82, 2.24) is 5.32 Å². The first-order chi connectivity index (χ1) is 5.31. The Labute approximate surface area is 68.5 Å². The number of hydrogen-bond donors (Lipinski definition) is 2. The van der Waals surface area contributed by atoms with Gasteiger partial charge in [0.1, 0.15) is 0 Å². The summed E-state index contributed by atoms with van der Waals surface area (Å²) in [4.78, 5) is 0. The molecule has 2 heteroatoms. The lowest BCUT2D eigenvalue weighted by atomic mass is 10.4. The van der Waals surface area contributed by atoms with Gasteiger partial charge in [0.05, 0.1) is 0 Å². The van der Waals surface area contributed by atoms with Crippen LogP contribution in [0.15, 0.2) is 36.6 Å². The average molecular weight is 152 g/mol. The summed E-state index contributed by atoms with van der Waals surface area (Å²) in [7, 11) is 0. The van der Waals surface area contributed by atoms with Crippen LogP contribution in [0.25, 0.3) is 0 Å². The summed E-state index contributed by atoms with van der Waals surface area (Å²) >= 11 is 0. The fourth-order valence-electron chi connectivity index (χ4n) is 0.607. The van der Waals surface area contributed by atoms with Crippen molar-refractivity contribution in [2.75, 3.05) is 13.1 Å². The Morgan fingerprint density at radius 1 is 1.55 bits per heavy atom. The highest BCUT2D eigenvalue weighted by Gasteiger charge is 1.81. The quantitative estimate of drug-likeness (QED) is 0.580. The van der Waals surface area contributed by atoms with Gasteiger partial charge in [-0.1, -0.05) is 24.8 Å². The molecular formula is C9H16N2. The van der Waals surface area contributed by atoms with Gasteiger partial charge in [-0.05, 0) is 13.0 Å². The molecule has 0 saturated carbocycles. The van der Waals surface area contributed by atoms with Crippen LogP contribution in [0.5, 0.6) is 0 Å². The van der Waals surface area contributed by atoms with Crippen molar-refractivity contribution < 1.29 is 0 Å². The molecule has 3 N–H and O–H groups in total. The van der Waals surface area contributed by atoms with Gasteiger partial charge in [0.25, 0.3) is 0 Å². The molecule has 0 fully saturated rings. The summed E-state index contributed by atoms with van der Waals surface area (Å²) in [5.74, 6) is 0. The summed E-state index contributed by atoms with van der Waals surface area (Å²) < 4.78 is 0. The molecule has 0 rings (SSSR count). The molecule has 2 nitrogen and oxygen atoms in total. The van der Waals surface area contributed by atoms with Crippen LogP contribution in [-0.4, -0.2) is 13.1 Å². The number of nitrogens with one attached hydrogen (secondary N) is 1. The topological polar surface area (TPSA) is 38.0 Å². The lowest BCUT2D eigenvalue weighted by Crippen LogP contribution is -2.20. The molecule has 0 aliphatic carbocycles. The van der Waals surface area contributed by atoms with E-state index in [9.17, 15) is 0 Å². The first-order valence-electron chi connectivity index (χ1n) is 3.71. The minimum atomic E-state index is 0.663. The van der Waals surface area contributed by atoms with E-state index in [1.54, 1.807) is 6.08 Å². The molecule has 11 heavy (non-hydrogen) atoms. The van der Waals surface area contributed by atoms with Crippen molar-refractivity contribution in [3.8, 4) is 0 Å². The van der Waals surface area contributed by atoms with Gasteiger partial charge >= 0.3 is 0 Å². The summed E-state index contributed by atoms with van der Waals surface area (Å²) in [6, 6.07) is 0. The van der Waals surface area contributed by atoms with Crippen LogP contribution in [0.3, 0.4) is 0 Å². The Hall–Kier alpha value is -1.02. The Morgan fingerprint density at radius 3 is 2.82 bits per heavy atom. The second kappa shape index (κ2) is 7.09. The van der Waals surface area contributed by atoms with Gasteiger partial charge in [0, 0.05) is 18.8 Å². The third-order valence-corrected chi connectivity index (χ3v) is 1.14. The van der Waals surface area contributed by atoms with E-state index in [0.29, 0.717) is 6.54 Å². The van der Waals surface area contributed by atoms with Crippen LogP contribution >= 0.6 is 0 Å². The van der Waals surface area contributed by atoms with E-state index in [2.05, 4.69) is 11.9 Å². The SMILES string of the molecule is C=C/C=C\C=C(/C)NCCN. The van der Waals surface area contributed by atoms with Gasteiger partial charge < -0.3 is 11.1 Å². The van der Waals surface area contributed by atoms with Crippen molar-refractivity contribution in [3.63, 3.8) is 0 Å². The van der Waals surface area contributed by atoms with Crippen molar-refractivity contribution in [1.29, 1.82) is 0 Å². The van der Waals surface area contributed by atoms with E-state index < -0.39 is 0 Å². The molecule has 0 radical (unpaired) electrons. The second-order valence-corrected chi connectivity index (χ2v) is 2.19. The molecule has 0 atom stereocenters. The van der Waals surface area contributed by atoms with Crippen LogP contribution in [0, 0.1) is 0 Å². The first-order valence-corrected chi connectivity index (χ1v) is 3.71. The smallest absolute Gasteiger partial charge is 0.0266 e. The zero-order valence-electron chi connectivity index (χ0n) is 7.01. The summed E-state index contributed by atoms with van der Waals surface area (Å²) in [5.41, 5.74) is 6.43. The van der Waals surface area contributed by atoms with Crippen LogP contribution < -0.4 is 11.1 Å². The molecule has 0 heterocycles. The van der Waals surface area contributed by atoms with E-state index >= 15 is 0 Å². The van der Waals surface area contributed by atoms with E-state index in [1.165, 1.54) is 0 Å². The van der Waals surface area contributed by atoms with Crippen LogP contribution in [0.1, 0.15) is 6.92 Å². The van der Waals surface area contributed by atoms with E-state index in [1.807, 2.05) is 25.2 Å². The van der Waals surface area contributed by atoms with Crippen molar-refractivity contribution in [2.24, 2.45) is 5.73 Å². The van der Waals surface area contributed by atoms with Gasteiger partial charge in [-0.3, -0.25) is 0 Å². The van der Waals surface area contributed by atoms with Gasteiger partial charge in [-0.25, -0.2) is 0 Å². The standard InChI is InChI=1S/C9H16N2/c1-3-4-5-6-9(2)11-8-7-10/h3-6,11H,1,7-8,10H2,2H3/b5-4-,9-6+. The zero-order chi connectivity index (χ0) is 8.53. The lowest BCUT2D eigenvalue weighted by Gasteiger charge is -2.01. The average Bonchev–Trinajstić information content (AvgIpc) is 2.01. The fourth-order valence-corrected chi connectivity index (χ4v) is 0.607. The summed E-state index contributed by atoms with van der Waals surface area (Å²) in [5, 5.41) is 3.14. The van der Waals surface area contributed by atoms with Crippen molar-refractivity contribution in [2.45, 2.75) is 6.92 Å². The molecule has 0 saturated heterocycles. The van der Waals surface area contributed by atoms with E-state index in [0.717, 1.165) is 12.2 Å². The zero-order valence-corrected chi connectivity index (χ0v) is 7.01. The van der Waals surface area contributed by atoms with Gasteiger partial charge in [0.15, 0.2) is 0 Å². The molecule has 0 aliphatic heterocycles. The number of hydrogen-bond acceptors (Lipinski definition) is 2. The van der Waals surface area contributed by atoms with Crippen molar-refractivity contribution >= 4 is 0 Å². The minimum Gasteiger partial charge on any atom is -0.387 e. The fraction of sp³-hybridized carbons (Fsp3) is 0.333. The Morgan fingerprint density at radius 2 is 2.27 bits per heavy atom. The molecule has 0 amide bonds. The maximum absolute atomic E-state index is 5.31. The third kappa shape index (κ3) is 6.87. The number of nitrogens with two attached hydrogens (primary N) is 1. The third-order valence-electron chi connectivity index (χ3n) is 1.14. The molecule has 62 valence electrons. The van der Waals surface area contributed by atoms with Gasteiger partial charge in [-0.2, -0.15) is 0 Å². The molecule has 0 bridgehead atoms. The minimum absolute atomic E-state index is 0.663. The summed E-state index contributed by atoms with van der Waals surface area (Å²) in [6.45, 7) is 7.05. The molecule has 0 aromatic carbocycles. The predicted octanol–water partition coefficient (Wildman–Crippen LogP) is 1.18. The molecule has 0 unspecified atom stereocenters. The largest absolute Gasteiger partial charge is 0.387 e. The second-order valence-electron chi connectivity index (χ2n) is 2.19. The molecular weight excluding hydrogens is 136 g/mol. The van der Waals surface area contributed by atoms with E-state index in [-0.39, 0.29) is 0 Å².